The minimum atomic E-state index is -4.26. The van der Waals surface area contributed by atoms with Gasteiger partial charge in [-0.1, -0.05) is 12.8 Å². The lowest BCUT2D eigenvalue weighted by Crippen LogP contribution is -2.62. The van der Waals surface area contributed by atoms with Crippen LogP contribution >= 0.6 is 0 Å². The molecule has 12 heteroatoms. The van der Waals surface area contributed by atoms with Crippen LogP contribution in [0.1, 0.15) is 38.5 Å². The van der Waals surface area contributed by atoms with Crippen LogP contribution in [0.5, 0.6) is 0 Å². The molecule has 1 amide bonds. The number of nitrogens with zero attached hydrogens (tertiary/aromatic N) is 2. The zero-order valence-electron chi connectivity index (χ0n) is 19.3. The Hall–Kier alpha value is -2.47. The van der Waals surface area contributed by atoms with Crippen LogP contribution in [-0.2, 0) is 29.6 Å². The summed E-state index contributed by atoms with van der Waals surface area (Å²) in [6.07, 6.45) is 7.15. The Bertz CT molecular complexity index is 1370. The lowest BCUT2D eigenvalue weighted by Gasteiger charge is -2.46. The van der Waals surface area contributed by atoms with Crippen molar-refractivity contribution in [3.05, 3.63) is 18.2 Å². The number of hydrogen-bond donors (Lipinski definition) is 2. The molecule has 2 heterocycles. The van der Waals surface area contributed by atoms with Gasteiger partial charge in [-0.3, -0.25) is 14.3 Å². The molecular formula is C23H28N4O6S2. The van der Waals surface area contributed by atoms with E-state index >= 15 is 0 Å². The Morgan fingerprint density at radius 2 is 1.89 bits per heavy atom. The third-order valence-corrected chi connectivity index (χ3v) is 10.1. The second-order valence-electron chi connectivity index (χ2n) is 10.6. The van der Waals surface area contributed by atoms with Crippen molar-refractivity contribution >= 4 is 48.9 Å². The monoisotopic (exact) mass is 520 g/mol. The van der Waals surface area contributed by atoms with Gasteiger partial charge in [-0.05, 0) is 61.6 Å². The first-order valence-corrected chi connectivity index (χ1v) is 15.4. The van der Waals surface area contributed by atoms with Gasteiger partial charge in [-0.25, -0.2) is 8.42 Å². The first-order valence-electron chi connectivity index (χ1n) is 12.1. The molecule has 6 rings (SSSR count). The van der Waals surface area contributed by atoms with E-state index in [0.717, 1.165) is 31.9 Å². The van der Waals surface area contributed by atoms with Crippen molar-refractivity contribution in [1.82, 2.24) is 4.90 Å². The molecule has 2 aliphatic heterocycles. The summed E-state index contributed by atoms with van der Waals surface area (Å²) in [6.45, 7) is 0.592. The molecule has 3 saturated carbocycles. The molecule has 10 nitrogen and oxygen atoms in total. The van der Waals surface area contributed by atoms with Gasteiger partial charge >= 0.3 is 0 Å². The number of piperidine rings is 1. The number of amidine groups is 1. The second-order valence-corrected chi connectivity index (χ2v) is 13.9. The Labute approximate surface area is 204 Å². The van der Waals surface area contributed by atoms with E-state index in [0.29, 0.717) is 18.4 Å². The first-order chi connectivity index (χ1) is 16.5. The molecule has 4 fully saturated rings. The molecule has 1 aromatic rings. The standard InChI is InChI=1S/C23H28N4O6S2/c1-34(30,31)25-15-6-7-16-17(11-15)35(32,33)26-22(24-16)19-21(28)18-13-4-5-14(10-13)20(18)27(23(19)29)9-8-12-2-3-12/h6-7,11-14,18-20,25H,2-5,8-10H2,1H3,(H,24,26)/t13-,14+,18+,19?,20-/m0/s1. The van der Waals surface area contributed by atoms with Gasteiger partial charge in [0.2, 0.25) is 15.9 Å². The summed E-state index contributed by atoms with van der Waals surface area (Å²) in [5, 5.41) is 2.92. The molecule has 3 aliphatic carbocycles. The van der Waals surface area contributed by atoms with Gasteiger partial charge in [0.1, 0.15) is 10.7 Å². The van der Waals surface area contributed by atoms with Crippen molar-refractivity contribution in [3.8, 4) is 0 Å². The predicted octanol–water partition coefficient (Wildman–Crippen LogP) is 1.81. The zero-order chi connectivity index (χ0) is 24.7. The Morgan fingerprint density at radius 1 is 1.14 bits per heavy atom. The van der Waals surface area contributed by atoms with Crippen molar-refractivity contribution in [1.29, 1.82) is 0 Å². The van der Waals surface area contributed by atoms with Crippen LogP contribution < -0.4 is 10.0 Å². The summed E-state index contributed by atoms with van der Waals surface area (Å²) >= 11 is 0. The quantitative estimate of drug-likeness (QED) is 0.545. The van der Waals surface area contributed by atoms with Gasteiger partial charge in [-0.2, -0.15) is 8.42 Å². The number of sulfonamides is 2. The van der Waals surface area contributed by atoms with Crippen LogP contribution in [-0.4, -0.2) is 58.1 Å². The fourth-order valence-corrected chi connectivity index (χ4v) is 8.29. The van der Waals surface area contributed by atoms with Crippen LogP contribution in [0.25, 0.3) is 0 Å². The minimum Gasteiger partial charge on any atom is -0.341 e. The highest BCUT2D eigenvalue weighted by Gasteiger charge is 2.60. The molecule has 0 spiro atoms. The molecule has 2 N–H and O–H groups in total. The molecule has 1 unspecified atom stereocenters. The Morgan fingerprint density at radius 3 is 2.60 bits per heavy atom. The molecular weight excluding hydrogens is 492 g/mol. The molecule has 5 atom stereocenters. The van der Waals surface area contributed by atoms with Gasteiger partial charge in [0.05, 0.1) is 11.9 Å². The van der Waals surface area contributed by atoms with Crippen molar-refractivity contribution in [2.75, 3.05) is 22.8 Å². The van der Waals surface area contributed by atoms with E-state index in [2.05, 4.69) is 14.4 Å². The summed E-state index contributed by atoms with van der Waals surface area (Å²) in [6, 6.07) is 3.93. The van der Waals surface area contributed by atoms with Gasteiger partial charge in [0.25, 0.3) is 10.0 Å². The zero-order valence-corrected chi connectivity index (χ0v) is 20.9. The van der Waals surface area contributed by atoms with Crippen LogP contribution in [0, 0.1) is 29.6 Å². The van der Waals surface area contributed by atoms with Gasteiger partial charge in [0, 0.05) is 24.2 Å². The normalized spacial score (nSPS) is 33.1. The maximum Gasteiger partial charge on any atom is 0.286 e. The topological polar surface area (TPSA) is 142 Å². The van der Waals surface area contributed by atoms with Crippen LogP contribution in [0.15, 0.2) is 27.5 Å². The summed E-state index contributed by atoms with van der Waals surface area (Å²) < 4.78 is 55.4. The van der Waals surface area contributed by atoms with Crippen LogP contribution in [0.2, 0.25) is 0 Å². The molecule has 35 heavy (non-hydrogen) atoms. The number of hydrogen-bond acceptors (Lipinski definition) is 7. The van der Waals surface area contributed by atoms with Gasteiger partial charge in [-0.15, -0.1) is 4.40 Å². The van der Waals surface area contributed by atoms with E-state index in [9.17, 15) is 26.4 Å². The van der Waals surface area contributed by atoms with Gasteiger partial charge in [0.15, 0.2) is 11.7 Å². The predicted molar refractivity (Wildman–Crippen MR) is 129 cm³/mol. The average Bonchev–Trinajstić information content (AvgIpc) is 3.36. The Balaban J connectivity index is 1.35. The first kappa shape index (κ1) is 23.0. The van der Waals surface area contributed by atoms with E-state index in [1.165, 1.54) is 31.0 Å². The van der Waals surface area contributed by atoms with Crippen LogP contribution in [0.3, 0.4) is 0 Å². The third kappa shape index (κ3) is 3.94. The highest BCUT2D eigenvalue weighted by atomic mass is 32.2. The fourth-order valence-electron chi connectivity index (χ4n) is 6.56. The average molecular weight is 521 g/mol. The van der Waals surface area contributed by atoms with Crippen molar-refractivity contribution in [3.63, 3.8) is 0 Å². The van der Waals surface area contributed by atoms with E-state index in [-0.39, 0.29) is 51.7 Å². The number of fused-ring (bicyclic) bond motifs is 6. The number of carbonyl (C=O) groups is 2. The maximum atomic E-state index is 13.7. The highest BCUT2D eigenvalue weighted by molar-refractivity contribution is 7.92. The number of Topliss-reactive ketones (excluding diaryl/α,β-unsaturated/α-hetero) is 1. The smallest absolute Gasteiger partial charge is 0.286 e. The van der Waals surface area contributed by atoms with Crippen LogP contribution in [0.4, 0.5) is 11.4 Å². The van der Waals surface area contributed by atoms with Crippen molar-refractivity contribution in [2.24, 2.45) is 34.0 Å². The summed E-state index contributed by atoms with van der Waals surface area (Å²) in [7, 11) is -7.87. The summed E-state index contributed by atoms with van der Waals surface area (Å²) in [5.74, 6) is -1.09. The lowest BCUT2D eigenvalue weighted by molar-refractivity contribution is -0.152. The summed E-state index contributed by atoms with van der Waals surface area (Å²) in [5.41, 5.74) is 0.241. The van der Waals surface area contributed by atoms with Gasteiger partial charge < -0.3 is 10.2 Å². The molecule has 0 radical (unpaired) electrons. The Kier molecular flexibility index (Phi) is 5.09. The third-order valence-electron chi connectivity index (χ3n) is 8.17. The van der Waals surface area contributed by atoms with E-state index in [1.54, 1.807) is 0 Å². The number of nitrogens with one attached hydrogen (secondary N) is 2. The van der Waals surface area contributed by atoms with Crippen molar-refractivity contribution in [2.45, 2.75) is 49.5 Å². The number of carbonyl (C=O) groups excluding carboxylic acids is 2. The highest BCUT2D eigenvalue weighted by Crippen LogP contribution is 2.54. The maximum absolute atomic E-state index is 13.7. The molecule has 1 aromatic carbocycles. The fraction of sp³-hybridized carbons (Fsp3) is 0.609. The number of anilines is 2. The number of benzene rings is 1. The van der Waals surface area contributed by atoms with Crippen molar-refractivity contribution < 1.29 is 26.4 Å². The molecule has 2 bridgehead atoms. The lowest BCUT2D eigenvalue weighted by atomic mass is 9.73. The van der Waals surface area contributed by atoms with E-state index < -0.39 is 26.0 Å². The van der Waals surface area contributed by atoms with E-state index in [1.807, 2.05) is 4.90 Å². The number of rotatable bonds is 6. The molecule has 1 saturated heterocycles. The number of likely N-dealkylation sites (tertiary alicyclic amines) is 1. The molecule has 188 valence electrons. The summed E-state index contributed by atoms with van der Waals surface area (Å²) in [4.78, 5) is 29.1. The largest absolute Gasteiger partial charge is 0.341 e. The number of amides is 1. The second kappa shape index (κ2) is 7.76. The minimum absolute atomic E-state index is 0.0798. The molecule has 0 aromatic heterocycles. The SMILES string of the molecule is CS(=O)(=O)Nc1ccc2c(c1)S(=O)(=O)N=C(C1C(=O)[C@@H]3[C@H]4CC[C@H](C4)[C@@H]3N(CCC3CC3)C1=O)N2. The molecule has 5 aliphatic rings. The number of ketones is 1. The van der Waals surface area contributed by atoms with E-state index in [4.69, 9.17) is 0 Å².